The van der Waals surface area contributed by atoms with Crippen LogP contribution in [0.15, 0.2) is 10.9 Å². The zero-order chi connectivity index (χ0) is 11.6. The molecule has 1 rings (SSSR count). The number of nitro groups is 1. The summed E-state index contributed by atoms with van der Waals surface area (Å²) >= 11 is 0. The Balaban J connectivity index is 3.51. The molecule has 1 aromatic rings. The van der Waals surface area contributed by atoms with Crippen molar-refractivity contribution in [3.63, 3.8) is 0 Å². The standard InChI is InChI=1S/C8H8N2O5/c1-2-5-6(10(14)15)3-4(8(12)13)7(11)9-5/h3H,2H2,1H3,(H,9,11)(H,12,13). The van der Waals surface area contributed by atoms with Gasteiger partial charge in [0.1, 0.15) is 5.56 Å². The van der Waals surface area contributed by atoms with E-state index in [-0.39, 0.29) is 17.8 Å². The van der Waals surface area contributed by atoms with Crippen molar-refractivity contribution in [2.75, 3.05) is 0 Å². The zero-order valence-electron chi connectivity index (χ0n) is 7.81. The number of aromatic amines is 1. The average Bonchev–Trinajstić information content (AvgIpc) is 2.16. The van der Waals surface area contributed by atoms with Crippen molar-refractivity contribution in [2.45, 2.75) is 13.3 Å². The Bertz CT molecular complexity index is 476. The number of nitrogens with one attached hydrogen (secondary N) is 1. The van der Waals surface area contributed by atoms with Gasteiger partial charge in [-0.1, -0.05) is 6.92 Å². The molecular weight excluding hydrogens is 204 g/mol. The van der Waals surface area contributed by atoms with Gasteiger partial charge in [-0.2, -0.15) is 0 Å². The van der Waals surface area contributed by atoms with Crippen molar-refractivity contribution >= 4 is 11.7 Å². The van der Waals surface area contributed by atoms with E-state index < -0.39 is 22.0 Å². The summed E-state index contributed by atoms with van der Waals surface area (Å²) in [5.41, 5.74) is -1.71. The Hall–Kier alpha value is -2.18. The molecule has 1 heterocycles. The number of aromatic carboxylic acids is 1. The highest BCUT2D eigenvalue weighted by molar-refractivity contribution is 5.87. The maximum Gasteiger partial charge on any atom is 0.341 e. The van der Waals surface area contributed by atoms with Gasteiger partial charge in [-0.15, -0.1) is 0 Å². The average molecular weight is 212 g/mol. The van der Waals surface area contributed by atoms with E-state index in [1.807, 2.05) is 0 Å². The molecule has 0 spiro atoms. The Kier molecular flexibility index (Phi) is 2.84. The van der Waals surface area contributed by atoms with E-state index in [0.717, 1.165) is 6.07 Å². The van der Waals surface area contributed by atoms with Gasteiger partial charge >= 0.3 is 5.97 Å². The third kappa shape index (κ3) is 2.01. The van der Waals surface area contributed by atoms with Crippen LogP contribution < -0.4 is 5.56 Å². The van der Waals surface area contributed by atoms with Crippen LogP contribution in [0.3, 0.4) is 0 Å². The predicted molar refractivity (Wildman–Crippen MR) is 50.1 cm³/mol. The number of hydrogen-bond donors (Lipinski definition) is 2. The third-order valence-electron chi connectivity index (χ3n) is 1.88. The largest absolute Gasteiger partial charge is 0.477 e. The Labute approximate surface area is 83.5 Å². The van der Waals surface area contributed by atoms with E-state index in [4.69, 9.17) is 5.11 Å². The van der Waals surface area contributed by atoms with E-state index in [9.17, 15) is 19.7 Å². The summed E-state index contributed by atoms with van der Waals surface area (Å²) in [5.74, 6) is -1.48. The molecule has 0 bridgehead atoms. The van der Waals surface area contributed by atoms with E-state index in [1.54, 1.807) is 6.92 Å². The molecule has 0 unspecified atom stereocenters. The Morgan fingerprint density at radius 1 is 1.67 bits per heavy atom. The number of aromatic nitrogens is 1. The number of aryl methyl sites for hydroxylation is 1. The van der Waals surface area contributed by atoms with Crippen LogP contribution in [0.1, 0.15) is 23.0 Å². The fourth-order valence-corrected chi connectivity index (χ4v) is 1.15. The van der Waals surface area contributed by atoms with Crippen molar-refractivity contribution in [3.8, 4) is 0 Å². The lowest BCUT2D eigenvalue weighted by Gasteiger charge is -2.00. The summed E-state index contributed by atoms with van der Waals surface area (Å²) in [4.78, 5) is 33.7. The quantitative estimate of drug-likeness (QED) is 0.560. The minimum Gasteiger partial charge on any atom is -0.477 e. The normalized spacial score (nSPS) is 9.93. The van der Waals surface area contributed by atoms with Crippen LogP contribution in [-0.4, -0.2) is 21.0 Å². The van der Waals surface area contributed by atoms with Crippen LogP contribution in [0.4, 0.5) is 5.69 Å². The second-order valence-corrected chi connectivity index (χ2v) is 2.79. The van der Waals surface area contributed by atoms with Gasteiger partial charge in [-0.05, 0) is 6.42 Å². The summed E-state index contributed by atoms with van der Waals surface area (Å²) in [6, 6.07) is 0.778. The van der Waals surface area contributed by atoms with Gasteiger partial charge in [-0.3, -0.25) is 14.9 Å². The van der Waals surface area contributed by atoms with Crippen LogP contribution in [-0.2, 0) is 6.42 Å². The smallest absolute Gasteiger partial charge is 0.341 e. The fourth-order valence-electron chi connectivity index (χ4n) is 1.15. The molecule has 0 aliphatic rings. The molecule has 15 heavy (non-hydrogen) atoms. The van der Waals surface area contributed by atoms with Gasteiger partial charge in [0.05, 0.1) is 10.6 Å². The maximum atomic E-state index is 11.2. The van der Waals surface area contributed by atoms with E-state index >= 15 is 0 Å². The van der Waals surface area contributed by atoms with Crippen LogP contribution >= 0.6 is 0 Å². The molecule has 7 nitrogen and oxygen atoms in total. The summed E-state index contributed by atoms with van der Waals surface area (Å²) in [6.45, 7) is 1.62. The van der Waals surface area contributed by atoms with Crippen molar-refractivity contribution in [1.82, 2.24) is 4.98 Å². The molecular formula is C8H8N2O5. The van der Waals surface area contributed by atoms with E-state index in [0.29, 0.717) is 0 Å². The predicted octanol–water partition coefficient (Wildman–Crippen LogP) is 0.544. The van der Waals surface area contributed by atoms with Crippen molar-refractivity contribution in [3.05, 3.63) is 37.8 Å². The topological polar surface area (TPSA) is 113 Å². The number of pyridine rings is 1. The monoisotopic (exact) mass is 212 g/mol. The van der Waals surface area contributed by atoms with Gasteiger partial charge in [0.2, 0.25) is 0 Å². The first kappa shape index (κ1) is 10.9. The lowest BCUT2D eigenvalue weighted by atomic mass is 10.2. The Morgan fingerprint density at radius 2 is 2.27 bits per heavy atom. The molecule has 0 aliphatic carbocycles. The van der Waals surface area contributed by atoms with E-state index in [1.165, 1.54) is 0 Å². The van der Waals surface area contributed by atoms with Crippen LogP contribution in [0, 0.1) is 10.1 Å². The fraction of sp³-hybridized carbons (Fsp3) is 0.250. The second-order valence-electron chi connectivity index (χ2n) is 2.79. The number of nitrogens with zero attached hydrogens (tertiary/aromatic N) is 1. The first-order chi connectivity index (χ1) is 6.97. The Morgan fingerprint density at radius 3 is 2.67 bits per heavy atom. The van der Waals surface area contributed by atoms with Gasteiger partial charge in [-0.25, -0.2) is 4.79 Å². The van der Waals surface area contributed by atoms with Crippen molar-refractivity contribution in [1.29, 1.82) is 0 Å². The summed E-state index contributed by atoms with van der Waals surface area (Å²) < 4.78 is 0. The highest BCUT2D eigenvalue weighted by Gasteiger charge is 2.19. The molecule has 0 radical (unpaired) electrons. The van der Waals surface area contributed by atoms with Gasteiger partial charge in [0, 0.05) is 6.07 Å². The molecule has 0 atom stereocenters. The van der Waals surface area contributed by atoms with Crippen molar-refractivity contribution in [2.24, 2.45) is 0 Å². The number of rotatable bonds is 3. The molecule has 0 aliphatic heterocycles. The van der Waals surface area contributed by atoms with Gasteiger partial charge in [0.25, 0.3) is 11.2 Å². The molecule has 7 heteroatoms. The number of carboxylic acid groups (broad SMARTS) is 1. The highest BCUT2D eigenvalue weighted by atomic mass is 16.6. The molecule has 0 aromatic carbocycles. The maximum absolute atomic E-state index is 11.2. The molecule has 0 fully saturated rings. The lowest BCUT2D eigenvalue weighted by Crippen LogP contribution is -2.19. The summed E-state index contributed by atoms with van der Waals surface area (Å²) in [6.07, 6.45) is 0.255. The van der Waals surface area contributed by atoms with Crippen molar-refractivity contribution < 1.29 is 14.8 Å². The molecule has 1 aromatic heterocycles. The molecule has 0 amide bonds. The minimum atomic E-state index is -1.48. The van der Waals surface area contributed by atoms with Crippen LogP contribution in [0.2, 0.25) is 0 Å². The SMILES string of the molecule is CCc1[nH]c(=O)c(C(=O)O)cc1[N+](=O)[O-]. The number of carboxylic acids is 1. The van der Waals surface area contributed by atoms with Gasteiger partial charge in [0.15, 0.2) is 0 Å². The first-order valence-electron chi connectivity index (χ1n) is 4.11. The molecule has 0 saturated carbocycles. The number of hydrogen-bond acceptors (Lipinski definition) is 4. The van der Waals surface area contributed by atoms with E-state index in [2.05, 4.69) is 4.98 Å². The van der Waals surface area contributed by atoms with Gasteiger partial charge < -0.3 is 10.1 Å². The molecule has 2 N–H and O–H groups in total. The minimum absolute atomic E-state index is 0.120. The number of H-pyrrole nitrogens is 1. The number of carbonyl (C=O) groups is 1. The first-order valence-corrected chi connectivity index (χ1v) is 4.11. The zero-order valence-corrected chi connectivity index (χ0v) is 7.81. The lowest BCUT2D eigenvalue weighted by molar-refractivity contribution is -0.386. The van der Waals surface area contributed by atoms with Crippen LogP contribution in [0.25, 0.3) is 0 Å². The van der Waals surface area contributed by atoms with Crippen LogP contribution in [0.5, 0.6) is 0 Å². The molecule has 0 saturated heterocycles. The second kappa shape index (κ2) is 3.91. The summed E-state index contributed by atoms with van der Waals surface area (Å²) in [5, 5.41) is 19.2. The molecule has 80 valence electrons. The highest BCUT2D eigenvalue weighted by Crippen LogP contribution is 2.15. The third-order valence-corrected chi connectivity index (χ3v) is 1.88. The summed E-state index contributed by atoms with van der Waals surface area (Å²) in [7, 11) is 0.